The van der Waals surface area contributed by atoms with Gasteiger partial charge in [-0.05, 0) is 30.7 Å². The fraction of sp³-hybridized carbons (Fsp3) is 0.0588. The molecule has 3 nitrogen and oxygen atoms in total. The van der Waals surface area contributed by atoms with Gasteiger partial charge in [0.05, 0.1) is 5.56 Å². The van der Waals surface area contributed by atoms with Crippen molar-refractivity contribution in [3.05, 3.63) is 76.7 Å². The van der Waals surface area contributed by atoms with E-state index in [1.54, 1.807) is 22.7 Å². The molecule has 0 spiro atoms. The van der Waals surface area contributed by atoms with Crippen molar-refractivity contribution in [1.82, 2.24) is 4.40 Å². The van der Waals surface area contributed by atoms with E-state index in [2.05, 4.69) is 0 Å². The summed E-state index contributed by atoms with van der Waals surface area (Å²) < 4.78 is 1.56. The van der Waals surface area contributed by atoms with Crippen LogP contribution in [0, 0.1) is 0 Å². The van der Waals surface area contributed by atoms with Gasteiger partial charge in [0.15, 0.2) is 5.78 Å². The molecule has 0 saturated carbocycles. The molecule has 0 N–H and O–H groups in total. The van der Waals surface area contributed by atoms with Crippen LogP contribution in [0.25, 0.3) is 16.6 Å². The Labute approximate surface area is 116 Å². The fourth-order valence-corrected chi connectivity index (χ4v) is 2.38. The Kier molecular flexibility index (Phi) is 2.95. The molecule has 0 aliphatic carbocycles. The zero-order chi connectivity index (χ0) is 14.1. The number of aromatic nitrogens is 1. The van der Waals surface area contributed by atoms with E-state index < -0.39 is 0 Å². The van der Waals surface area contributed by atoms with Crippen LogP contribution in [0.1, 0.15) is 17.3 Å². The van der Waals surface area contributed by atoms with E-state index in [1.165, 1.54) is 6.92 Å². The highest BCUT2D eigenvalue weighted by molar-refractivity contribution is 6.01. The van der Waals surface area contributed by atoms with Crippen molar-refractivity contribution in [2.24, 2.45) is 0 Å². The summed E-state index contributed by atoms with van der Waals surface area (Å²) >= 11 is 0. The molecule has 98 valence electrons. The van der Waals surface area contributed by atoms with Crippen LogP contribution in [0.4, 0.5) is 0 Å². The van der Waals surface area contributed by atoms with E-state index in [0.29, 0.717) is 11.1 Å². The second kappa shape index (κ2) is 4.78. The highest BCUT2D eigenvalue weighted by atomic mass is 16.1. The lowest BCUT2D eigenvalue weighted by Gasteiger charge is -2.09. The Morgan fingerprint density at radius 1 is 1.00 bits per heavy atom. The first-order chi connectivity index (χ1) is 9.68. The molecule has 0 unspecified atom stereocenters. The lowest BCUT2D eigenvalue weighted by atomic mass is 9.98. The molecule has 0 fully saturated rings. The summed E-state index contributed by atoms with van der Waals surface area (Å²) in [6.07, 6.45) is 1.72. The minimum absolute atomic E-state index is 0.104. The van der Waals surface area contributed by atoms with E-state index in [-0.39, 0.29) is 11.3 Å². The monoisotopic (exact) mass is 263 g/mol. The Bertz CT molecular complexity index is 848. The summed E-state index contributed by atoms with van der Waals surface area (Å²) in [5.41, 5.74) is 2.25. The zero-order valence-corrected chi connectivity index (χ0v) is 11.0. The molecule has 0 aliphatic rings. The first-order valence-electron chi connectivity index (χ1n) is 6.39. The van der Waals surface area contributed by atoms with E-state index in [0.717, 1.165) is 11.1 Å². The first-order valence-corrected chi connectivity index (χ1v) is 6.39. The molecule has 0 amide bonds. The zero-order valence-electron chi connectivity index (χ0n) is 11.0. The summed E-state index contributed by atoms with van der Waals surface area (Å²) in [5, 5.41) is 0. The number of carbonyl (C=O) groups is 1. The maximum Gasteiger partial charge on any atom is 0.263 e. The molecule has 2 heterocycles. The van der Waals surface area contributed by atoms with E-state index >= 15 is 0 Å². The van der Waals surface area contributed by atoms with Gasteiger partial charge in [0, 0.05) is 17.3 Å². The van der Waals surface area contributed by atoms with Crippen LogP contribution in [-0.2, 0) is 0 Å². The quantitative estimate of drug-likeness (QED) is 0.666. The Hall–Kier alpha value is -2.68. The number of pyridine rings is 2. The Morgan fingerprint density at radius 2 is 1.70 bits per heavy atom. The second-order valence-electron chi connectivity index (χ2n) is 4.66. The standard InChI is InChI=1S/C17H13NO2/c1-12(19)15-11-14-9-5-6-10-18(14)17(20)16(15)13-7-3-2-4-8-13/h2-11H,1H3. The van der Waals surface area contributed by atoms with Crippen LogP contribution in [0.15, 0.2) is 65.6 Å². The highest BCUT2D eigenvalue weighted by Crippen LogP contribution is 2.21. The lowest BCUT2D eigenvalue weighted by molar-refractivity contribution is 0.101. The predicted molar refractivity (Wildman–Crippen MR) is 79.1 cm³/mol. The van der Waals surface area contributed by atoms with Crippen LogP contribution in [0.2, 0.25) is 0 Å². The van der Waals surface area contributed by atoms with Gasteiger partial charge in [-0.2, -0.15) is 0 Å². The number of hydrogen-bond donors (Lipinski definition) is 0. The smallest absolute Gasteiger partial charge is 0.263 e. The SMILES string of the molecule is CC(=O)c1cc2ccccn2c(=O)c1-c1ccccc1. The highest BCUT2D eigenvalue weighted by Gasteiger charge is 2.15. The number of ketones is 1. The number of fused-ring (bicyclic) bond motifs is 1. The van der Waals surface area contributed by atoms with Crippen molar-refractivity contribution in [2.75, 3.05) is 0 Å². The molecule has 0 bridgehead atoms. The Balaban J connectivity index is 2.46. The van der Waals surface area contributed by atoms with Crippen molar-refractivity contribution in [3.8, 4) is 11.1 Å². The van der Waals surface area contributed by atoms with Crippen LogP contribution < -0.4 is 5.56 Å². The van der Waals surface area contributed by atoms with E-state index in [9.17, 15) is 9.59 Å². The lowest BCUT2D eigenvalue weighted by Crippen LogP contribution is -2.19. The molecular weight excluding hydrogens is 250 g/mol. The number of benzene rings is 1. The van der Waals surface area contributed by atoms with Crippen LogP contribution in [0.5, 0.6) is 0 Å². The molecule has 0 aliphatic heterocycles. The average molecular weight is 263 g/mol. The molecule has 0 atom stereocenters. The summed E-state index contributed by atoms with van der Waals surface area (Å²) in [5.74, 6) is -0.104. The van der Waals surface area contributed by atoms with Crippen molar-refractivity contribution in [1.29, 1.82) is 0 Å². The molecule has 0 radical (unpaired) electrons. The summed E-state index contributed by atoms with van der Waals surface area (Å²) in [4.78, 5) is 24.6. The number of Topliss-reactive ketones (excluding diaryl/α,β-unsaturated/α-hetero) is 1. The summed E-state index contributed by atoms with van der Waals surface area (Å²) in [7, 11) is 0. The topological polar surface area (TPSA) is 38.5 Å². The molecule has 1 aromatic carbocycles. The second-order valence-corrected chi connectivity index (χ2v) is 4.66. The maximum atomic E-state index is 12.7. The normalized spacial score (nSPS) is 10.7. The maximum absolute atomic E-state index is 12.7. The number of hydrogen-bond acceptors (Lipinski definition) is 2. The predicted octanol–water partition coefficient (Wildman–Crippen LogP) is 3.17. The third-order valence-corrected chi connectivity index (χ3v) is 3.33. The van der Waals surface area contributed by atoms with Crippen molar-refractivity contribution in [2.45, 2.75) is 6.92 Å². The first kappa shape index (κ1) is 12.4. The largest absolute Gasteiger partial charge is 0.294 e. The van der Waals surface area contributed by atoms with Gasteiger partial charge in [0.25, 0.3) is 5.56 Å². The number of carbonyl (C=O) groups excluding carboxylic acids is 1. The van der Waals surface area contributed by atoms with Crippen LogP contribution in [-0.4, -0.2) is 10.2 Å². The molecule has 3 aromatic rings. The number of rotatable bonds is 2. The molecule has 2 aromatic heterocycles. The molecule has 20 heavy (non-hydrogen) atoms. The van der Waals surface area contributed by atoms with E-state index in [1.807, 2.05) is 42.5 Å². The minimum Gasteiger partial charge on any atom is -0.294 e. The molecule has 0 saturated heterocycles. The van der Waals surface area contributed by atoms with Gasteiger partial charge in [-0.3, -0.25) is 14.0 Å². The fourth-order valence-electron chi connectivity index (χ4n) is 2.38. The van der Waals surface area contributed by atoms with Gasteiger partial charge >= 0.3 is 0 Å². The van der Waals surface area contributed by atoms with Crippen molar-refractivity contribution >= 4 is 11.3 Å². The van der Waals surface area contributed by atoms with Crippen LogP contribution >= 0.6 is 0 Å². The minimum atomic E-state index is -0.167. The van der Waals surface area contributed by atoms with Gasteiger partial charge in [0.2, 0.25) is 0 Å². The summed E-state index contributed by atoms with van der Waals surface area (Å²) in [6.45, 7) is 1.49. The van der Waals surface area contributed by atoms with Gasteiger partial charge in [-0.15, -0.1) is 0 Å². The Morgan fingerprint density at radius 3 is 2.40 bits per heavy atom. The molecular formula is C17H13NO2. The third-order valence-electron chi connectivity index (χ3n) is 3.33. The molecule has 3 rings (SSSR count). The van der Waals surface area contributed by atoms with Gasteiger partial charge < -0.3 is 0 Å². The van der Waals surface area contributed by atoms with Crippen LogP contribution in [0.3, 0.4) is 0 Å². The summed E-state index contributed by atoms with van der Waals surface area (Å²) in [6, 6.07) is 16.5. The van der Waals surface area contributed by atoms with E-state index in [4.69, 9.17) is 0 Å². The average Bonchev–Trinajstić information content (AvgIpc) is 2.48. The van der Waals surface area contributed by atoms with Crippen molar-refractivity contribution < 1.29 is 4.79 Å². The number of nitrogens with zero attached hydrogens (tertiary/aromatic N) is 1. The van der Waals surface area contributed by atoms with Gasteiger partial charge in [-0.25, -0.2) is 0 Å². The molecule has 3 heteroatoms. The van der Waals surface area contributed by atoms with Crippen molar-refractivity contribution in [3.63, 3.8) is 0 Å². The van der Waals surface area contributed by atoms with Gasteiger partial charge in [0.1, 0.15) is 0 Å². The van der Waals surface area contributed by atoms with Gasteiger partial charge in [-0.1, -0.05) is 36.4 Å². The third kappa shape index (κ3) is 1.93.